The highest BCUT2D eigenvalue weighted by atomic mass is 32.2. The molecule has 2 N–H and O–H groups in total. The first-order chi connectivity index (χ1) is 7.83. The van der Waals surface area contributed by atoms with Gasteiger partial charge in [-0.3, -0.25) is 4.79 Å². The van der Waals surface area contributed by atoms with E-state index in [1.54, 1.807) is 11.8 Å². The molecule has 0 saturated heterocycles. The minimum absolute atomic E-state index is 0.0260. The average Bonchev–Trinajstić information content (AvgIpc) is 2.73. The maximum absolute atomic E-state index is 11.9. The fourth-order valence-corrected chi connectivity index (χ4v) is 3.04. The smallest absolute Gasteiger partial charge is 0.228 e. The van der Waals surface area contributed by atoms with Gasteiger partial charge in [-0.05, 0) is 18.7 Å². The van der Waals surface area contributed by atoms with Gasteiger partial charge in [-0.15, -0.1) is 11.8 Å². The van der Waals surface area contributed by atoms with E-state index in [1.807, 2.05) is 19.2 Å². The number of likely N-dealkylation sites (N-methyl/N-ethyl adjacent to an activating group) is 1. The first kappa shape index (κ1) is 11.5. The third-order valence-electron chi connectivity index (χ3n) is 2.69. The fraction of sp³-hybridized carbons (Fsp3) is 0.417. The summed E-state index contributed by atoms with van der Waals surface area (Å²) in [5, 5.41) is 5.96. The monoisotopic (exact) mass is 236 g/mol. The molecule has 86 valence electrons. The van der Waals surface area contributed by atoms with E-state index in [2.05, 4.69) is 22.8 Å². The molecule has 1 aromatic rings. The minimum atomic E-state index is 0.0260. The van der Waals surface area contributed by atoms with Gasteiger partial charge in [-0.2, -0.15) is 0 Å². The number of amides is 1. The SMILES string of the molecule is CNCCNC(=O)C1CSc2ccccc21. The molecule has 1 aliphatic heterocycles. The molecule has 2 rings (SSSR count). The molecular formula is C12H16N2OS. The summed E-state index contributed by atoms with van der Waals surface area (Å²) < 4.78 is 0. The van der Waals surface area contributed by atoms with Crippen LogP contribution in [0.25, 0.3) is 0 Å². The summed E-state index contributed by atoms with van der Waals surface area (Å²) >= 11 is 1.77. The van der Waals surface area contributed by atoms with Crippen molar-refractivity contribution in [2.75, 3.05) is 25.9 Å². The Bertz CT molecular complexity index is 381. The van der Waals surface area contributed by atoms with E-state index in [-0.39, 0.29) is 11.8 Å². The van der Waals surface area contributed by atoms with Crippen molar-refractivity contribution in [3.8, 4) is 0 Å². The van der Waals surface area contributed by atoms with Crippen molar-refractivity contribution >= 4 is 17.7 Å². The van der Waals surface area contributed by atoms with Crippen LogP contribution in [0.3, 0.4) is 0 Å². The molecule has 1 unspecified atom stereocenters. The molecule has 1 aliphatic rings. The van der Waals surface area contributed by atoms with Crippen molar-refractivity contribution in [3.05, 3.63) is 29.8 Å². The summed E-state index contributed by atoms with van der Waals surface area (Å²) in [6.45, 7) is 1.51. The molecule has 0 fully saturated rings. The Morgan fingerprint density at radius 3 is 3.06 bits per heavy atom. The van der Waals surface area contributed by atoms with Gasteiger partial charge in [0.1, 0.15) is 0 Å². The molecule has 4 heteroatoms. The molecule has 0 bridgehead atoms. The highest BCUT2D eigenvalue weighted by Gasteiger charge is 2.28. The van der Waals surface area contributed by atoms with Crippen LogP contribution in [0.5, 0.6) is 0 Å². The zero-order valence-electron chi connectivity index (χ0n) is 9.32. The Morgan fingerprint density at radius 1 is 1.44 bits per heavy atom. The Kier molecular flexibility index (Phi) is 3.85. The number of fused-ring (bicyclic) bond motifs is 1. The number of benzene rings is 1. The predicted octanol–water partition coefficient (Wildman–Crippen LogP) is 1.21. The van der Waals surface area contributed by atoms with Crippen molar-refractivity contribution in [2.24, 2.45) is 0 Å². The lowest BCUT2D eigenvalue weighted by Crippen LogP contribution is -2.34. The summed E-state index contributed by atoms with van der Waals surface area (Å²) in [6, 6.07) is 8.16. The maximum Gasteiger partial charge on any atom is 0.228 e. The van der Waals surface area contributed by atoms with Crippen LogP contribution in [0.15, 0.2) is 29.2 Å². The second-order valence-electron chi connectivity index (χ2n) is 3.80. The van der Waals surface area contributed by atoms with Crippen molar-refractivity contribution in [2.45, 2.75) is 10.8 Å². The molecule has 3 nitrogen and oxygen atoms in total. The zero-order valence-corrected chi connectivity index (χ0v) is 10.1. The van der Waals surface area contributed by atoms with E-state index in [4.69, 9.17) is 0 Å². The Morgan fingerprint density at radius 2 is 2.25 bits per heavy atom. The largest absolute Gasteiger partial charge is 0.354 e. The Labute approximate surface area is 100.0 Å². The minimum Gasteiger partial charge on any atom is -0.354 e. The number of thioether (sulfide) groups is 1. The number of hydrogen-bond donors (Lipinski definition) is 2. The topological polar surface area (TPSA) is 41.1 Å². The second-order valence-corrected chi connectivity index (χ2v) is 4.86. The van der Waals surface area contributed by atoms with Crippen LogP contribution in [-0.2, 0) is 4.79 Å². The fourth-order valence-electron chi connectivity index (χ4n) is 1.81. The number of carbonyl (C=O) groups excluding carboxylic acids is 1. The Balaban J connectivity index is 1.99. The van der Waals surface area contributed by atoms with E-state index in [9.17, 15) is 4.79 Å². The van der Waals surface area contributed by atoms with E-state index in [0.717, 1.165) is 12.3 Å². The highest BCUT2D eigenvalue weighted by molar-refractivity contribution is 7.99. The van der Waals surface area contributed by atoms with Crippen molar-refractivity contribution in [3.63, 3.8) is 0 Å². The quantitative estimate of drug-likeness (QED) is 0.772. The van der Waals surface area contributed by atoms with Crippen molar-refractivity contribution in [1.82, 2.24) is 10.6 Å². The van der Waals surface area contributed by atoms with Gasteiger partial charge < -0.3 is 10.6 Å². The van der Waals surface area contributed by atoms with Gasteiger partial charge in [0.25, 0.3) is 0 Å². The van der Waals surface area contributed by atoms with Gasteiger partial charge in [-0.1, -0.05) is 18.2 Å². The predicted molar refractivity (Wildman–Crippen MR) is 66.8 cm³/mol. The first-order valence-electron chi connectivity index (χ1n) is 5.47. The maximum atomic E-state index is 11.9. The molecular weight excluding hydrogens is 220 g/mol. The van der Waals surface area contributed by atoms with Gasteiger partial charge in [0.05, 0.1) is 5.92 Å². The van der Waals surface area contributed by atoms with Crippen LogP contribution in [-0.4, -0.2) is 31.8 Å². The molecule has 0 saturated carbocycles. The standard InChI is InChI=1S/C12H16N2OS/c1-13-6-7-14-12(15)10-8-16-11-5-3-2-4-9(10)11/h2-5,10,13H,6-8H2,1H3,(H,14,15). The molecule has 1 atom stereocenters. The van der Waals surface area contributed by atoms with Crippen LogP contribution >= 0.6 is 11.8 Å². The number of rotatable bonds is 4. The van der Waals surface area contributed by atoms with E-state index in [0.29, 0.717) is 6.54 Å². The molecule has 1 heterocycles. The summed E-state index contributed by atoms with van der Waals surface area (Å²) in [5.41, 5.74) is 1.18. The van der Waals surface area contributed by atoms with Gasteiger partial charge in [0, 0.05) is 23.7 Å². The molecule has 0 radical (unpaired) electrons. The molecule has 1 aromatic carbocycles. The normalized spacial score (nSPS) is 18.2. The summed E-state index contributed by atoms with van der Waals surface area (Å²) in [5.74, 6) is 1.04. The first-order valence-corrected chi connectivity index (χ1v) is 6.45. The second kappa shape index (κ2) is 5.37. The molecule has 0 aromatic heterocycles. The molecule has 1 amide bonds. The average molecular weight is 236 g/mol. The van der Waals surface area contributed by atoms with E-state index in [1.165, 1.54) is 10.5 Å². The van der Waals surface area contributed by atoms with Crippen molar-refractivity contribution in [1.29, 1.82) is 0 Å². The highest BCUT2D eigenvalue weighted by Crippen LogP contribution is 2.39. The van der Waals surface area contributed by atoms with Gasteiger partial charge in [-0.25, -0.2) is 0 Å². The lowest BCUT2D eigenvalue weighted by atomic mass is 10.0. The molecule has 16 heavy (non-hydrogen) atoms. The molecule has 0 spiro atoms. The van der Waals surface area contributed by atoms with Crippen LogP contribution in [0.2, 0.25) is 0 Å². The van der Waals surface area contributed by atoms with E-state index >= 15 is 0 Å². The molecule has 0 aliphatic carbocycles. The van der Waals surface area contributed by atoms with Crippen molar-refractivity contribution < 1.29 is 4.79 Å². The van der Waals surface area contributed by atoms with Crippen LogP contribution in [0, 0.1) is 0 Å². The van der Waals surface area contributed by atoms with Gasteiger partial charge >= 0.3 is 0 Å². The van der Waals surface area contributed by atoms with Crippen LogP contribution in [0.1, 0.15) is 11.5 Å². The summed E-state index contributed by atoms with van der Waals surface area (Å²) in [7, 11) is 1.88. The number of carbonyl (C=O) groups is 1. The third-order valence-corrected chi connectivity index (χ3v) is 3.87. The number of hydrogen-bond acceptors (Lipinski definition) is 3. The third kappa shape index (κ3) is 2.39. The van der Waals surface area contributed by atoms with Gasteiger partial charge in [0.2, 0.25) is 5.91 Å². The van der Waals surface area contributed by atoms with Gasteiger partial charge in [0.15, 0.2) is 0 Å². The number of nitrogens with one attached hydrogen (secondary N) is 2. The van der Waals surface area contributed by atoms with Crippen LogP contribution in [0.4, 0.5) is 0 Å². The lowest BCUT2D eigenvalue weighted by Gasteiger charge is -2.11. The summed E-state index contributed by atoms with van der Waals surface area (Å²) in [4.78, 5) is 13.2. The summed E-state index contributed by atoms with van der Waals surface area (Å²) in [6.07, 6.45) is 0. The Hall–Kier alpha value is -1.00. The van der Waals surface area contributed by atoms with E-state index < -0.39 is 0 Å². The van der Waals surface area contributed by atoms with Crippen LogP contribution < -0.4 is 10.6 Å². The lowest BCUT2D eigenvalue weighted by molar-refractivity contribution is -0.122. The zero-order chi connectivity index (χ0) is 11.4.